The van der Waals surface area contributed by atoms with E-state index in [-0.39, 0.29) is 5.91 Å². The third kappa shape index (κ3) is 4.71. The summed E-state index contributed by atoms with van der Waals surface area (Å²) in [5.74, 6) is -0.0226. The molecular formula is C20H21ClN4O. The first-order valence-electron chi connectivity index (χ1n) is 8.48. The van der Waals surface area contributed by atoms with Gasteiger partial charge in [0.1, 0.15) is 0 Å². The van der Waals surface area contributed by atoms with Gasteiger partial charge in [-0.3, -0.25) is 4.79 Å². The molecule has 0 aliphatic heterocycles. The number of rotatable bonds is 7. The Morgan fingerprint density at radius 1 is 1.08 bits per heavy atom. The fourth-order valence-electron chi connectivity index (χ4n) is 2.65. The minimum absolute atomic E-state index is 0.0226. The second kappa shape index (κ2) is 8.65. The molecule has 3 aromatic rings. The third-order valence-corrected chi connectivity index (χ3v) is 4.17. The molecule has 0 saturated heterocycles. The first-order valence-corrected chi connectivity index (χ1v) is 8.86. The highest BCUT2D eigenvalue weighted by Gasteiger charge is 2.12. The van der Waals surface area contributed by atoms with Crippen LogP contribution >= 0.6 is 11.6 Å². The van der Waals surface area contributed by atoms with Crippen LogP contribution in [0.2, 0.25) is 5.02 Å². The van der Waals surface area contributed by atoms with Crippen LogP contribution in [0, 0.1) is 0 Å². The highest BCUT2D eigenvalue weighted by molar-refractivity contribution is 6.30. The Balaban J connectivity index is 1.82. The van der Waals surface area contributed by atoms with Gasteiger partial charge in [-0.1, -0.05) is 41.9 Å². The summed E-state index contributed by atoms with van der Waals surface area (Å²) in [4.78, 5) is 10.9. The van der Waals surface area contributed by atoms with Crippen molar-refractivity contribution in [3.63, 3.8) is 0 Å². The van der Waals surface area contributed by atoms with Crippen molar-refractivity contribution >= 4 is 17.5 Å². The zero-order valence-electron chi connectivity index (χ0n) is 14.6. The number of nitrogens with one attached hydrogen (secondary N) is 2. The van der Waals surface area contributed by atoms with E-state index in [0.717, 1.165) is 22.5 Å². The van der Waals surface area contributed by atoms with Crippen LogP contribution in [-0.4, -0.2) is 28.8 Å². The van der Waals surface area contributed by atoms with Gasteiger partial charge in [-0.05, 0) is 24.3 Å². The predicted molar refractivity (Wildman–Crippen MR) is 104 cm³/mol. The van der Waals surface area contributed by atoms with Crippen molar-refractivity contribution in [2.75, 3.05) is 13.1 Å². The van der Waals surface area contributed by atoms with Crippen LogP contribution in [0.3, 0.4) is 0 Å². The van der Waals surface area contributed by atoms with E-state index in [1.807, 2.05) is 65.5 Å². The topological polar surface area (TPSA) is 59.0 Å². The van der Waals surface area contributed by atoms with Gasteiger partial charge in [-0.25, -0.2) is 4.68 Å². The molecule has 0 atom stereocenters. The van der Waals surface area contributed by atoms with Gasteiger partial charge in [0.05, 0.1) is 11.4 Å². The van der Waals surface area contributed by atoms with Gasteiger partial charge in [0, 0.05) is 48.9 Å². The molecule has 5 nitrogen and oxygen atoms in total. The molecule has 0 aliphatic carbocycles. The van der Waals surface area contributed by atoms with Crippen molar-refractivity contribution in [3.8, 4) is 16.9 Å². The number of halogens is 1. The summed E-state index contributed by atoms with van der Waals surface area (Å²) in [6.45, 7) is 3.46. The number of aromatic nitrogens is 2. The molecule has 0 radical (unpaired) electrons. The SMILES string of the molecule is CC(=O)NCCNCc1cn(-c2ccccc2)nc1-c1ccc(Cl)cc1. The third-order valence-electron chi connectivity index (χ3n) is 3.92. The second-order valence-electron chi connectivity index (χ2n) is 5.95. The van der Waals surface area contributed by atoms with Gasteiger partial charge in [0.25, 0.3) is 0 Å². The van der Waals surface area contributed by atoms with Crippen molar-refractivity contribution in [1.29, 1.82) is 0 Å². The predicted octanol–water partition coefficient (Wildman–Crippen LogP) is 3.42. The summed E-state index contributed by atoms with van der Waals surface area (Å²) in [6, 6.07) is 17.7. The Hall–Kier alpha value is -2.63. The number of carbonyl (C=O) groups excluding carboxylic acids is 1. The van der Waals surface area contributed by atoms with Gasteiger partial charge < -0.3 is 10.6 Å². The molecule has 0 aliphatic rings. The molecule has 2 aromatic carbocycles. The van der Waals surface area contributed by atoms with Crippen molar-refractivity contribution in [1.82, 2.24) is 20.4 Å². The molecule has 0 saturated carbocycles. The Bertz CT molecular complexity index is 859. The molecule has 0 unspecified atom stereocenters. The lowest BCUT2D eigenvalue weighted by atomic mass is 10.1. The molecular weight excluding hydrogens is 348 g/mol. The van der Waals surface area contributed by atoms with E-state index >= 15 is 0 Å². The van der Waals surface area contributed by atoms with Gasteiger partial charge in [0.15, 0.2) is 0 Å². The van der Waals surface area contributed by atoms with Gasteiger partial charge in [0.2, 0.25) is 5.91 Å². The lowest BCUT2D eigenvalue weighted by Crippen LogP contribution is -2.29. The van der Waals surface area contributed by atoms with E-state index in [1.165, 1.54) is 6.92 Å². The zero-order chi connectivity index (χ0) is 18.4. The van der Waals surface area contributed by atoms with E-state index in [0.29, 0.717) is 24.7 Å². The molecule has 2 N–H and O–H groups in total. The molecule has 6 heteroatoms. The number of benzene rings is 2. The van der Waals surface area contributed by atoms with Crippen LogP contribution in [0.1, 0.15) is 12.5 Å². The van der Waals surface area contributed by atoms with Crippen molar-refractivity contribution in [2.45, 2.75) is 13.5 Å². The molecule has 0 spiro atoms. The number of amides is 1. The van der Waals surface area contributed by atoms with E-state index in [9.17, 15) is 4.79 Å². The van der Waals surface area contributed by atoms with Crippen LogP contribution in [0.4, 0.5) is 0 Å². The van der Waals surface area contributed by atoms with Crippen LogP contribution in [-0.2, 0) is 11.3 Å². The lowest BCUT2D eigenvalue weighted by molar-refractivity contribution is -0.118. The van der Waals surface area contributed by atoms with Crippen LogP contribution in [0.25, 0.3) is 16.9 Å². The highest BCUT2D eigenvalue weighted by Crippen LogP contribution is 2.25. The maximum atomic E-state index is 10.9. The molecule has 0 bridgehead atoms. The summed E-state index contributed by atoms with van der Waals surface area (Å²) in [6.07, 6.45) is 2.03. The fourth-order valence-corrected chi connectivity index (χ4v) is 2.78. The maximum absolute atomic E-state index is 10.9. The highest BCUT2D eigenvalue weighted by atomic mass is 35.5. The molecule has 134 valence electrons. The number of nitrogens with zero attached hydrogens (tertiary/aromatic N) is 2. The monoisotopic (exact) mass is 368 g/mol. The van der Waals surface area contributed by atoms with Crippen LogP contribution < -0.4 is 10.6 Å². The number of carbonyl (C=O) groups is 1. The summed E-state index contributed by atoms with van der Waals surface area (Å²) in [7, 11) is 0. The minimum atomic E-state index is -0.0226. The standard InChI is InChI=1S/C20H21ClN4O/c1-15(26)23-12-11-22-13-17-14-25(19-5-3-2-4-6-19)24-20(17)16-7-9-18(21)10-8-16/h2-10,14,22H,11-13H2,1H3,(H,23,26). The molecule has 1 heterocycles. The average molecular weight is 369 g/mol. The fraction of sp³-hybridized carbons (Fsp3) is 0.200. The minimum Gasteiger partial charge on any atom is -0.355 e. The molecule has 0 fully saturated rings. The normalized spacial score (nSPS) is 10.7. The Kier molecular flexibility index (Phi) is 6.04. The summed E-state index contributed by atoms with van der Waals surface area (Å²) in [5, 5.41) is 11.6. The zero-order valence-corrected chi connectivity index (χ0v) is 15.3. The molecule has 3 rings (SSSR count). The molecule has 1 aromatic heterocycles. The van der Waals surface area contributed by atoms with Crippen molar-refractivity contribution in [2.24, 2.45) is 0 Å². The molecule has 26 heavy (non-hydrogen) atoms. The van der Waals surface area contributed by atoms with Gasteiger partial charge in [-0.2, -0.15) is 5.10 Å². The average Bonchev–Trinajstić information content (AvgIpc) is 3.07. The smallest absolute Gasteiger partial charge is 0.216 e. The quantitative estimate of drug-likeness (QED) is 0.628. The Labute approximate surface area is 158 Å². The van der Waals surface area contributed by atoms with Crippen LogP contribution in [0.5, 0.6) is 0 Å². The summed E-state index contributed by atoms with van der Waals surface area (Å²) >= 11 is 6.01. The van der Waals surface area contributed by atoms with Crippen molar-refractivity contribution < 1.29 is 4.79 Å². The summed E-state index contributed by atoms with van der Waals surface area (Å²) < 4.78 is 1.88. The van der Waals surface area contributed by atoms with Crippen LogP contribution in [0.15, 0.2) is 60.8 Å². The molecule has 1 amide bonds. The van der Waals surface area contributed by atoms with E-state index < -0.39 is 0 Å². The van der Waals surface area contributed by atoms with E-state index in [2.05, 4.69) is 10.6 Å². The number of hydrogen-bond acceptors (Lipinski definition) is 3. The summed E-state index contributed by atoms with van der Waals surface area (Å²) in [5.41, 5.74) is 4.02. The van der Waals surface area contributed by atoms with Gasteiger partial charge in [-0.15, -0.1) is 0 Å². The van der Waals surface area contributed by atoms with E-state index in [1.54, 1.807) is 0 Å². The van der Waals surface area contributed by atoms with E-state index in [4.69, 9.17) is 16.7 Å². The maximum Gasteiger partial charge on any atom is 0.216 e. The largest absolute Gasteiger partial charge is 0.355 e. The lowest BCUT2D eigenvalue weighted by Gasteiger charge is -2.06. The first-order chi connectivity index (χ1) is 12.6. The van der Waals surface area contributed by atoms with Crippen molar-refractivity contribution in [3.05, 3.63) is 71.4 Å². The number of para-hydroxylation sites is 1. The Morgan fingerprint density at radius 2 is 1.81 bits per heavy atom. The second-order valence-corrected chi connectivity index (χ2v) is 6.39. The van der Waals surface area contributed by atoms with Gasteiger partial charge >= 0.3 is 0 Å². The Morgan fingerprint density at radius 3 is 2.50 bits per heavy atom. The number of hydrogen-bond donors (Lipinski definition) is 2. The first kappa shape index (κ1) is 18.2.